The van der Waals surface area contributed by atoms with Gasteiger partial charge in [-0.2, -0.15) is 0 Å². The summed E-state index contributed by atoms with van der Waals surface area (Å²) in [7, 11) is 3.32. The van der Waals surface area contributed by atoms with Crippen molar-refractivity contribution in [2.24, 2.45) is 0 Å². The number of para-hydroxylation sites is 2. The van der Waals surface area contributed by atoms with Crippen LogP contribution in [0.1, 0.15) is 21.8 Å². The van der Waals surface area contributed by atoms with Gasteiger partial charge in [-0.15, -0.1) is 0 Å². The number of methoxy groups -OCH3 is 1. The van der Waals surface area contributed by atoms with Gasteiger partial charge < -0.3 is 0 Å². The van der Waals surface area contributed by atoms with Gasteiger partial charge in [-0.1, -0.05) is 0 Å². The first-order valence-corrected chi connectivity index (χ1v) is 13.3. The molecule has 162 valence electrons. The van der Waals surface area contributed by atoms with Crippen molar-refractivity contribution in [1.29, 1.82) is 0 Å². The second kappa shape index (κ2) is 9.38. The van der Waals surface area contributed by atoms with Crippen molar-refractivity contribution in [3.8, 4) is 11.5 Å². The summed E-state index contributed by atoms with van der Waals surface area (Å²) in [6.07, 6.45) is 1.39. The van der Waals surface area contributed by atoms with E-state index in [9.17, 15) is 9.59 Å². The average molecular weight is 535 g/mol. The third-order valence-corrected chi connectivity index (χ3v) is 8.73. The molecular weight excluding hydrogens is 513 g/mol. The van der Waals surface area contributed by atoms with Crippen molar-refractivity contribution in [3.63, 3.8) is 0 Å². The minimum atomic E-state index is -2.64. The molecule has 0 atom stereocenters. The molecule has 0 radical (unpaired) electrons. The molecule has 0 saturated heterocycles. The number of carbonyl (C=O) groups is 2. The number of aromatic nitrogens is 1. The summed E-state index contributed by atoms with van der Waals surface area (Å²) in [5.41, 5.74) is 2.51. The van der Waals surface area contributed by atoms with E-state index in [2.05, 4.69) is 8.69 Å². The van der Waals surface area contributed by atoms with E-state index in [-0.39, 0.29) is 14.3 Å². The molecule has 0 unspecified atom stereocenters. The van der Waals surface area contributed by atoms with Crippen molar-refractivity contribution >= 4 is 35.6 Å². The van der Waals surface area contributed by atoms with Gasteiger partial charge >= 0.3 is 180 Å². The first-order chi connectivity index (χ1) is 15.0. The number of hydrogen-bond acceptors (Lipinski definition) is 6. The zero-order valence-corrected chi connectivity index (χ0v) is 19.3. The van der Waals surface area contributed by atoms with E-state index < -0.39 is 26.0 Å². The number of amides is 2. The van der Waals surface area contributed by atoms with Crippen LogP contribution in [0.4, 0.5) is 10.5 Å². The number of anilines is 1. The number of halogens is 1. The predicted octanol–water partition coefficient (Wildman–Crippen LogP) is 4.23. The number of alkyl halides is 1. The van der Waals surface area contributed by atoms with Crippen LogP contribution in [0.15, 0.2) is 59.1 Å². The molecular formula is C22H22IN3O5. The quantitative estimate of drug-likeness (QED) is 0.167. The van der Waals surface area contributed by atoms with Gasteiger partial charge in [0.15, 0.2) is 0 Å². The van der Waals surface area contributed by atoms with Crippen LogP contribution >= 0.6 is 20.1 Å². The monoisotopic (exact) mass is 535 g/mol. The Labute approximate surface area is 187 Å². The number of rotatable bonds is 6. The van der Waals surface area contributed by atoms with Crippen LogP contribution in [0, 0.1) is 0 Å². The number of fused-ring (bicyclic) bond motifs is 1. The van der Waals surface area contributed by atoms with E-state index >= 15 is 0 Å². The van der Waals surface area contributed by atoms with Crippen LogP contribution in [-0.4, -0.2) is 33.7 Å². The molecule has 0 bridgehead atoms. The summed E-state index contributed by atoms with van der Waals surface area (Å²) >= 11 is -2.64. The maximum absolute atomic E-state index is 12.8. The Morgan fingerprint density at radius 3 is 2.74 bits per heavy atom. The van der Waals surface area contributed by atoms with Crippen LogP contribution in [-0.2, 0) is 12.8 Å². The molecule has 2 amide bonds. The van der Waals surface area contributed by atoms with Crippen LogP contribution in [0.3, 0.4) is 0 Å². The van der Waals surface area contributed by atoms with Gasteiger partial charge in [0.25, 0.3) is 0 Å². The molecule has 0 spiro atoms. The Hall–Kier alpha value is -3.08. The van der Waals surface area contributed by atoms with E-state index in [1.165, 1.54) is 0 Å². The van der Waals surface area contributed by atoms with Gasteiger partial charge in [-0.25, -0.2) is 0 Å². The number of aryl methyl sites for hydroxylation is 2. The van der Waals surface area contributed by atoms with Crippen molar-refractivity contribution in [1.82, 2.24) is 8.69 Å². The average Bonchev–Trinajstić information content (AvgIpc) is 3.25. The fourth-order valence-electron chi connectivity index (χ4n) is 3.08. The Morgan fingerprint density at radius 1 is 1.19 bits per heavy atom. The second-order valence-corrected chi connectivity index (χ2v) is 11.0. The molecule has 1 aliphatic rings. The molecule has 2 aromatic carbocycles. The van der Waals surface area contributed by atoms with E-state index in [0.29, 0.717) is 23.6 Å². The van der Waals surface area contributed by atoms with Gasteiger partial charge in [-0.05, 0) is 0 Å². The number of nitrogens with one attached hydrogen (secondary N) is 1. The maximum atomic E-state index is 12.8. The fraction of sp³-hybridized carbons (Fsp3) is 0.227. The van der Waals surface area contributed by atoms with Crippen molar-refractivity contribution in [2.75, 3.05) is 23.7 Å². The van der Waals surface area contributed by atoms with E-state index in [0.717, 1.165) is 17.7 Å². The zero-order valence-electron chi connectivity index (χ0n) is 17.1. The minimum absolute atomic E-state index is 0.0965. The molecule has 8 nitrogen and oxygen atoms in total. The Kier molecular flexibility index (Phi) is 6.40. The molecule has 4 rings (SSSR count). The zero-order chi connectivity index (χ0) is 21.8. The summed E-state index contributed by atoms with van der Waals surface area (Å²) in [5, 5.41) is 3.99. The van der Waals surface area contributed by atoms with Crippen LogP contribution < -0.4 is 17.9 Å². The van der Waals surface area contributed by atoms with Gasteiger partial charge in [0.05, 0.1) is 7.11 Å². The van der Waals surface area contributed by atoms with E-state index in [1.54, 1.807) is 25.1 Å². The van der Waals surface area contributed by atoms with Crippen LogP contribution in [0.25, 0.3) is 0 Å². The number of ether oxygens (including phenoxy) is 2. The molecule has 0 fully saturated rings. The molecule has 3 aromatic rings. The summed E-state index contributed by atoms with van der Waals surface area (Å²) < 4.78 is 19.1. The molecule has 1 N–H and O–H groups in total. The van der Waals surface area contributed by atoms with Gasteiger partial charge in [0.2, 0.25) is 0 Å². The topological polar surface area (TPSA) is 93.9 Å². The SMILES string of the molecule is COc1ccc(CCc2cc(C(=O)NI3COc4ccccc4N(C)C3=O)on2)cc1. The summed E-state index contributed by atoms with van der Waals surface area (Å²) in [5.74, 6) is 1.09. The fourth-order valence-corrected chi connectivity index (χ4v) is 6.37. The first kappa shape index (κ1) is 21.2. The third kappa shape index (κ3) is 4.82. The molecule has 2 heterocycles. The Bertz CT molecular complexity index is 1080. The normalized spacial score (nSPS) is 14.5. The Balaban J connectivity index is 1.37. The molecule has 0 aliphatic carbocycles. The second-order valence-electron chi connectivity index (χ2n) is 6.85. The van der Waals surface area contributed by atoms with Crippen molar-refractivity contribution in [2.45, 2.75) is 12.8 Å². The van der Waals surface area contributed by atoms with E-state index in [4.69, 9.17) is 14.0 Å². The van der Waals surface area contributed by atoms with Crippen LogP contribution in [0.5, 0.6) is 11.5 Å². The van der Waals surface area contributed by atoms with Crippen molar-refractivity contribution < 1.29 is 23.6 Å². The standard InChI is InChI=1S/C22H22IN3O5/c1-26-18-5-3-4-6-19(18)30-14-23(22(26)28)24-21(27)20-13-16(25-31-20)10-7-15-8-11-17(29-2)12-9-15/h3-6,8-9,11-13H,7,10,14H2,1-2H3,(H,24,27). The van der Waals surface area contributed by atoms with E-state index in [1.807, 2.05) is 48.5 Å². The van der Waals surface area contributed by atoms with Gasteiger partial charge in [0.1, 0.15) is 0 Å². The van der Waals surface area contributed by atoms with Crippen molar-refractivity contribution in [3.05, 3.63) is 71.6 Å². The Morgan fingerprint density at radius 2 is 1.97 bits per heavy atom. The number of hydrogen-bond donors (Lipinski definition) is 1. The van der Waals surface area contributed by atoms with Crippen LogP contribution in [0.2, 0.25) is 0 Å². The summed E-state index contributed by atoms with van der Waals surface area (Å²) in [4.78, 5) is 27.0. The molecule has 1 aliphatic heterocycles. The van der Waals surface area contributed by atoms with Gasteiger partial charge in [0, 0.05) is 0 Å². The molecule has 0 saturated carbocycles. The molecule has 31 heavy (non-hydrogen) atoms. The predicted molar refractivity (Wildman–Crippen MR) is 124 cm³/mol. The number of benzene rings is 2. The third-order valence-electron chi connectivity index (χ3n) is 4.82. The first-order valence-electron chi connectivity index (χ1n) is 9.60. The summed E-state index contributed by atoms with van der Waals surface area (Å²) in [6, 6.07) is 16.7. The molecule has 9 heteroatoms. The summed E-state index contributed by atoms with van der Waals surface area (Å²) in [6.45, 7) is 0. The van der Waals surface area contributed by atoms with Gasteiger partial charge in [-0.3, -0.25) is 0 Å². The number of carbonyl (C=O) groups excluding carboxylic acids is 2. The number of nitrogens with zero attached hydrogens (tertiary/aromatic N) is 2. The molecule has 1 aromatic heterocycles.